The second kappa shape index (κ2) is 3.55. The molecule has 4 nitrogen and oxygen atoms in total. The van der Waals surface area contributed by atoms with Crippen LogP contribution < -0.4 is 0 Å². The van der Waals surface area contributed by atoms with Crippen molar-refractivity contribution in [3.05, 3.63) is 0 Å². The van der Waals surface area contributed by atoms with Crippen molar-refractivity contribution in [2.75, 3.05) is 6.61 Å². The maximum Gasteiger partial charge on any atom is 0.236 e. The first-order valence-corrected chi connectivity index (χ1v) is 6.62. The van der Waals surface area contributed by atoms with E-state index in [2.05, 4.69) is 0 Å². The van der Waals surface area contributed by atoms with Crippen molar-refractivity contribution in [2.24, 2.45) is 5.41 Å². The number of carbonyl (C=O) groups excluding carboxylic acids is 2. The summed E-state index contributed by atoms with van der Waals surface area (Å²) in [4.78, 5) is 26.1. The molecule has 0 radical (unpaired) electrons. The number of amides is 2. The predicted molar refractivity (Wildman–Crippen MR) is 61.0 cm³/mol. The van der Waals surface area contributed by atoms with E-state index < -0.39 is 11.0 Å². The molecule has 0 atom stereocenters. The van der Waals surface area contributed by atoms with Crippen LogP contribution >= 0.6 is 0 Å². The van der Waals surface area contributed by atoms with E-state index in [1.807, 2.05) is 0 Å². The number of likely N-dealkylation sites (tertiary alicyclic amines) is 1. The molecule has 2 saturated carbocycles. The highest BCUT2D eigenvalue weighted by atomic mass is 16.3. The molecular weight excluding hydrogens is 218 g/mol. The number of hydrogen-bond acceptors (Lipinski definition) is 3. The highest BCUT2D eigenvalue weighted by molar-refractivity contribution is 6.07. The van der Waals surface area contributed by atoms with Gasteiger partial charge in [0.15, 0.2) is 0 Å². The molecule has 3 fully saturated rings. The lowest BCUT2D eigenvalue weighted by Gasteiger charge is -2.46. The Bertz CT molecular complexity index is 361. The second-order valence-corrected chi connectivity index (χ2v) is 5.93. The molecule has 1 heterocycles. The lowest BCUT2D eigenvalue weighted by Crippen LogP contribution is -2.59. The van der Waals surface area contributed by atoms with Crippen LogP contribution in [0.4, 0.5) is 0 Å². The SMILES string of the molecule is O=C1CC2(CCCC2)C(=O)N1C1(CO)CCC1. The number of hydrogen-bond donors (Lipinski definition) is 1. The Hall–Kier alpha value is -0.900. The number of aliphatic hydroxyl groups excluding tert-OH is 1. The number of rotatable bonds is 2. The topological polar surface area (TPSA) is 57.6 Å². The van der Waals surface area contributed by atoms with Gasteiger partial charge >= 0.3 is 0 Å². The summed E-state index contributed by atoms with van der Waals surface area (Å²) < 4.78 is 0. The van der Waals surface area contributed by atoms with Crippen LogP contribution in [0.1, 0.15) is 51.4 Å². The average Bonchev–Trinajstić information content (AvgIpc) is 2.79. The Morgan fingerprint density at radius 1 is 1.06 bits per heavy atom. The molecule has 94 valence electrons. The summed E-state index contributed by atoms with van der Waals surface area (Å²) in [5, 5.41) is 9.52. The summed E-state index contributed by atoms with van der Waals surface area (Å²) in [5.74, 6) is -0.0422. The van der Waals surface area contributed by atoms with Gasteiger partial charge in [0.05, 0.1) is 17.6 Å². The molecule has 1 spiro atoms. The van der Waals surface area contributed by atoms with Crippen LogP contribution in [0.3, 0.4) is 0 Å². The maximum atomic E-state index is 12.5. The van der Waals surface area contributed by atoms with Gasteiger partial charge in [-0.25, -0.2) is 0 Å². The summed E-state index contributed by atoms with van der Waals surface area (Å²) in [6.45, 7) is -0.0689. The molecule has 3 rings (SSSR count). The summed E-state index contributed by atoms with van der Waals surface area (Å²) >= 11 is 0. The third kappa shape index (κ3) is 1.33. The van der Waals surface area contributed by atoms with E-state index in [0.29, 0.717) is 6.42 Å². The zero-order valence-electron chi connectivity index (χ0n) is 10.1. The van der Waals surface area contributed by atoms with Crippen LogP contribution in [0.25, 0.3) is 0 Å². The minimum absolute atomic E-state index is 0.00810. The average molecular weight is 237 g/mol. The van der Waals surface area contributed by atoms with Gasteiger partial charge in [0.2, 0.25) is 11.8 Å². The van der Waals surface area contributed by atoms with E-state index in [-0.39, 0.29) is 18.4 Å². The first-order chi connectivity index (χ1) is 8.14. The maximum absolute atomic E-state index is 12.5. The number of carbonyl (C=O) groups is 2. The van der Waals surface area contributed by atoms with Crippen molar-refractivity contribution < 1.29 is 14.7 Å². The quantitative estimate of drug-likeness (QED) is 0.735. The monoisotopic (exact) mass is 237 g/mol. The zero-order valence-corrected chi connectivity index (χ0v) is 10.1. The molecular formula is C13H19NO3. The Balaban J connectivity index is 1.91. The zero-order chi connectivity index (χ0) is 12.1. The van der Waals surface area contributed by atoms with Gasteiger partial charge in [-0.3, -0.25) is 14.5 Å². The number of imide groups is 1. The first kappa shape index (κ1) is 11.2. The molecule has 0 bridgehead atoms. The van der Waals surface area contributed by atoms with Crippen LogP contribution in [0.15, 0.2) is 0 Å². The number of nitrogens with zero attached hydrogens (tertiary/aromatic N) is 1. The second-order valence-electron chi connectivity index (χ2n) is 5.93. The fourth-order valence-electron chi connectivity index (χ4n) is 3.75. The molecule has 4 heteroatoms. The molecule has 0 unspecified atom stereocenters. The van der Waals surface area contributed by atoms with Gasteiger partial charge < -0.3 is 5.11 Å². The number of aliphatic hydroxyl groups is 1. The minimum atomic E-state index is -0.541. The van der Waals surface area contributed by atoms with Gasteiger partial charge in [0.25, 0.3) is 0 Å². The smallest absolute Gasteiger partial charge is 0.236 e. The van der Waals surface area contributed by atoms with Crippen LogP contribution in [-0.2, 0) is 9.59 Å². The molecule has 3 aliphatic rings. The Labute approximate surface area is 101 Å². The summed E-state index contributed by atoms with van der Waals surface area (Å²) in [6, 6.07) is 0. The largest absolute Gasteiger partial charge is 0.394 e. The van der Waals surface area contributed by atoms with Crippen LogP contribution in [-0.4, -0.2) is 34.0 Å². The Kier molecular flexibility index (Phi) is 2.34. The third-order valence-electron chi connectivity index (χ3n) is 5.01. The molecule has 2 aliphatic carbocycles. The molecule has 1 saturated heterocycles. The summed E-state index contributed by atoms with van der Waals surface area (Å²) in [5.41, 5.74) is -0.935. The van der Waals surface area contributed by atoms with E-state index in [4.69, 9.17) is 0 Å². The predicted octanol–water partition coefficient (Wildman–Crippen LogP) is 1.22. The highest BCUT2D eigenvalue weighted by Gasteiger charge is 2.59. The fourth-order valence-corrected chi connectivity index (χ4v) is 3.75. The van der Waals surface area contributed by atoms with Crippen molar-refractivity contribution >= 4 is 11.8 Å². The molecule has 1 N–H and O–H groups in total. The van der Waals surface area contributed by atoms with E-state index in [9.17, 15) is 14.7 Å². The van der Waals surface area contributed by atoms with Crippen LogP contribution in [0.5, 0.6) is 0 Å². The Morgan fingerprint density at radius 2 is 1.71 bits per heavy atom. The molecule has 17 heavy (non-hydrogen) atoms. The summed E-state index contributed by atoms with van der Waals surface area (Å²) in [7, 11) is 0. The lowest BCUT2D eigenvalue weighted by atomic mass is 9.75. The van der Waals surface area contributed by atoms with Crippen molar-refractivity contribution in [3.63, 3.8) is 0 Å². The van der Waals surface area contributed by atoms with Crippen molar-refractivity contribution in [2.45, 2.75) is 56.9 Å². The van der Waals surface area contributed by atoms with E-state index in [0.717, 1.165) is 44.9 Å². The summed E-state index contributed by atoms with van der Waals surface area (Å²) in [6.07, 6.45) is 6.76. The van der Waals surface area contributed by atoms with E-state index in [1.165, 1.54) is 4.90 Å². The van der Waals surface area contributed by atoms with Crippen LogP contribution in [0.2, 0.25) is 0 Å². The van der Waals surface area contributed by atoms with Crippen molar-refractivity contribution in [1.29, 1.82) is 0 Å². The normalized spacial score (nSPS) is 30.1. The van der Waals surface area contributed by atoms with Gasteiger partial charge in [0.1, 0.15) is 0 Å². The van der Waals surface area contributed by atoms with E-state index >= 15 is 0 Å². The van der Waals surface area contributed by atoms with E-state index in [1.54, 1.807) is 0 Å². The van der Waals surface area contributed by atoms with Gasteiger partial charge in [-0.2, -0.15) is 0 Å². The van der Waals surface area contributed by atoms with Crippen molar-refractivity contribution in [1.82, 2.24) is 4.90 Å². The molecule has 0 aromatic carbocycles. The fraction of sp³-hybridized carbons (Fsp3) is 0.846. The molecule has 2 amide bonds. The van der Waals surface area contributed by atoms with Gasteiger partial charge in [-0.05, 0) is 32.1 Å². The van der Waals surface area contributed by atoms with Gasteiger partial charge in [0, 0.05) is 6.42 Å². The van der Waals surface area contributed by atoms with Crippen LogP contribution in [0, 0.1) is 5.41 Å². The first-order valence-electron chi connectivity index (χ1n) is 6.62. The third-order valence-corrected chi connectivity index (χ3v) is 5.01. The standard InChI is InChI=1S/C13H19NO3/c15-9-13(6-3-7-13)14-10(16)8-12(11(14)17)4-1-2-5-12/h15H,1-9H2. The Morgan fingerprint density at radius 3 is 2.18 bits per heavy atom. The van der Waals surface area contributed by atoms with Gasteiger partial charge in [-0.15, -0.1) is 0 Å². The molecule has 1 aliphatic heterocycles. The molecule has 0 aromatic heterocycles. The van der Waals surface area contributed by atoms with Crippen molar-refractivity contribution in [3.8, 4) is 0 Å². The highest BCUT2D eigenvalue weighted by Crippen LogP contribution is 2.51. The molecule has 0 aromatic rings. The van der Waals surface area contributed by atoms with Gasteiger partial charge in [-0.1, -0.05) is 12.8 Å². The lowest BCUT2D eigenvalue weighted by molar-refractivity contribution is -0.155. The minimum Gasteiger partial charge on any atom is -0.394 e.